The highest BCUT2D eigenvalue weighted by Gasteiger charge is 2.31. The smallest absolute Gasteiger partial charge is 0.121 e. The number of nitrogens with zero attached hydrogens (tertiary/aromatic N) is 2. The van der Waals surface area contributed by atoms with Crippen molar-refractivity contribution in [1.82, 2.24) is 4.90 Å². The maximum Gasteiger partial charge on any atom is 0.121 e. The molecule has 2 aliphatic rings. The first-order valence-electron chi connectivity index (χ1n) is 9.78. The third-order valence-electron chi connectivity index (χ3n) is 5.96. The van der Waals surface area contributed by atoms with Gasteiger partial charge >= 0.3 is 0 Å². The van der Waals surface area contributed by atoms with E-state index in [0.717, 1.165) is 38.8 Å². The van der Waals surface area contributed by atoms with Crippen molar-refractivity contribution in [1.29, 1.82) is 0 Å². The largest absolute Gasteiger partial charge is 0.508 e. The Hall–Kier alpha value is -1.01. The first kappa shape index (κ1) is 20.7. The van der Waals surface area contributed by atoms with Crippen LogP contribution in [0.4, 0.5) is 0 Å². The van der Waals surface area contributed by atoms with Gasteiger partial charge < -0.3 is 21.5 Å². The van der Waals surface area contributed by atoms with Crippen LogP contribution in [0.3, 0.4) is 0 Å². The normalized spacial score (nSPS) is 25.6. The lowest BCUT2D eigenvalue weighted by molar-refractivity contribution is 0.228. The summed E-state index contributed by atoms with van der Waals surface area (Å²) < 4.78 is 0. The number of phenols is 1. The van der Waals surface area contributed by atoms with Crippen LogP contribution in [0.25, 0.3) is 0 Å². The Kier molecular flexibility index (Phi) is 6.57. The number of piperidine rings is 1. The molecule has 5 N–H and O–H groups in total. The maximum absolute atomic E-state index is 10.2. The number of phenolic OH excluding ortho intramolecular Hbond substituents is 1. The predicted molar refractivity (Wildman–Crippen MR) is 113 cm³/mol. The minimum absolute atomic E-state index is 0.116. The molecule has 1 saturated heterocycles. The average molecular weight is 413 g/mol. The van der Waals surface area contributed by atoms with Crippen LogP contribution >= 0.6 is 23.2 Å². The molecule has 5 nitrogen and oxygen atoms in total. The van der Waals surface area contributed by atoms with Crippen molar-refractivity contribution in [3.05, 3.63) is 27.7 Å². The highest BCUT2D eigenvalue weighted by molar-refractivity contribution is 6.42. The van der Waals surface area contributed by atoms with E-state index in [1.165, 1.54) is 11.9 Å². The number of benzene rings is 1. The Morgan fingerprint density at radius 3 is 2.41 bits per heavy atom. The molecule has 1 fully saturated rings. The Labute approximate surface area is 171 Å². The Morgan fingerprint density at radius 2 is 1.78 bits per heavy atom. The van der Waals surface area contributed by atoms with Gasteiger partial charge in [0.05, 0.1) is 21.9 Å². The molecule has 0 saturated carbocycles. The highest BCUT2D eigenvalue weighted by atomic mass is 35.5. The molecule has 2 unspecified atom stereocenters. The zero-order chi connectivity index (χ0) is 19.7. The number of nitrogens with two attached hydrogens (primary N) is 2. The maximum atomic E-state index is 10.2. The van der Waals surface area contributed by atoms with E-state index in [-0.39, 0.29) is 29.8 Å². The van der Waals surface area contributed by atoms with Crippen LogP contribution in [0.5, 0.6) is 5.75 Å². The SMILES string of the molecule is CC(C)C1N=C(N2CCC([C@@H](N)c3cc(Cl)c(Cl)cc3O)CC2)CCC1N. The molecule has 27 heavy (non-hydrogen) atoms. The quantitative estimate of drug-likeness (QED) is 0.700. The monoisotopic (exact) mass is 412 g/mol. The van der Waals surface area contributed by atoms with Gasteiger partial charge in [0.25, 0.3) is 0 Å². The van der Waals surface area contributed by atoms with Crippen molar-refractivity contribution in [2.75, 3.05) is 13.1 Å². The number of hydrogen-bond acceptors (Lipinski definition) is 5. The predicted octanol–water partition coefficient (Wildman–Crippen LogP) is 3.96. The molecule has 3 atom stereocenters. The number of likely N-dealkylation sites (tertiary alicyclic amines) is 1. The van der Waals surface area contributed by atoms with Crippen LogP contribution in [0.2, 0.25) is 10.0 Å². The van der Waals surface area contributed by atoms with E-state index in [1.54, 1.807) is 6.07 Å². The summed E-state index contributed by atoms with van der Waals surface area (Å²) >= 11 is 12.1. The van der Waals surface area contributed by atoms with Gasteiger partial charge in [-0.25, -0.2) is 0 Å². The summed E-state index contributed by atoms with van der Waals surface area (Å²) in [6, 6.07) is 3.28. The van der Waals surface area contributed by atoms with E-state index in [1.807, 2.05) is 0 Å². The molecule has 0 aromatic heterocycles. The van der Waals surface area contributed by atoms with Gasteiger partial charge in [-0.05, 0) is 37.2 Å². The molecule has 0 amide bonds. The van der Waals surface area contributed by atoms with Gasteiger partial charge in [-0.1, -0.05) is 37.0 Å². The van der Waals surface area contributed by atoms with Gasteiger partial charge in [0.15, 0.2) is 0 Å². The fourth-order valence-electron chi connectivity index (χ4n) is 4.27. The van der Waals surface area contributed by atoms with Crippen LogP contribution < -0.4 is 11.5 Å². The third kappa shape index (κ3) is 4.53. The Morgan fingerprint density at radius 1 is 1.15 bits per heavy atom. The lowest BCUT2D eigenvalue weighted by Crippen LogP contribution is -2.47. The third-order valence-corrected chi connectivity index (χ3v) is 6.68. The standard InChI is InChI=1S/C20H30Cl2N4O/c1-11(2)20-16(23)3-4-18(25-20)26-7-5-12(6-8-26)19(24)13-9-14(21)15(22)10-17(13)27/h9-12,16,19-20,27H,3-8,23-24H2,1-2H3/t16?,19-,20?/m1/s1. The van der Waals surface area contributed by atoms with Crippen molar-refractivity contribution >= 4 is 29.0 Å². The van der Waals surface area contributed by atoms with E-state index in [0.29, 0.717) is 21.5 Å². The minimum atomic E-state index is -0.257. The van der Waals surface area contributed by atoms with Gasteiger partial charge in [-0.3, -0.25) is 4.99 Å². The molecule has 1 aromatic carbocycles. The summed E-state index contributed by atoms with van der Waals surface area (Å²) in [6.45, 7) is 6.23. The van der Waals surface area contributed by atoms with Gasteiger partial charge in [-0.15, -0.1) is 0 Å². The van der Waals surface area contributed by atoms with Gasteiger partial charge in [0.1, 0.15) is 5.75 Å². The van der Waals surface area contributed by atoms with Gasteiger partial charge in [-0.2, -0.15) is 0 Å². The first-order valence-corrected chi connectivity index (χ1v) is 10.5. The molecule has 0 spiro atoms. The number of hydrogen-bond donors (Lipinski definition) is 3. The number of aliphatic imine (C=N–C) groups is 1. The van der Waals surface area contributed by atoms with Crippen LogP contribution in [0.15, 0.2) is 17.1 Å². The molecule has 3 rings (SSSR count). The van der Waals surface area contributed by atoms with E-state index in [2.05, 4.69) is 18.7 Å². The summed E-state index contributed by atoms with van der Waals surface area (Å²) in [4.78, 5) is 7.35. The summed E-state index contributed by atoms with van der Waals surface area (Å²) in [6.07, 6.45) is 3.86. The van der Waals surface area contributed by atoms with E-state index < -0.39 is 0 Å². The molecule has 2 heterocycles. The fourth-order valence-corrected chi connectivity index (χ4v) is 4.60. The second-order valence-corrected chi connectivity index (χ2v) is 8.97. The Balaban J connectivity index is 1.65. The van der Waals surface area contributed by atoms with Crippen molar-refractivity contribution in [2.24, 2.45) is 28.3 Å². The van der Waals surface area contributed by atoms with Crippen molar-refractivity contribution < 1.29 is 5.11 Å². The molecule has 0 radical (unpaired) electrons. The summed E-state index contributed by atoms with van der Waals surface area (Å²) in [5, 5.41) is 11.0. The average Bonchev–Trinajstić information content (AvgIpc) is 2.64. The molecule has 2 aliphatic heterocycles. The number of aromatic hydroxyl groups is 1. The summed E-state index contributed by atoms with van der Waals surface area (Å²) in [7, 11) is 0. The summed E-state index contributed by atoms with van der Waals surface area (Å²) in [5.74, 6) is 2.06. The zero-order valence-corrected chi connectivity index (χ0v) is 17.5. The summed E-state index contributed by atoms with van der Waals surface area (Å²) in [5.41, 5.74) is 13.4. The molecular formula is C20H30Cl2N4O. The first-order chi connectivity index (χ1) is 12.8. The van der Waals surface area contributed by atoms with Crippen LogP contribution in [-0.4, -0.2) is 41.0 Å². The van der Waals surface area contributed by atoms with Crippen molar-refractivity contribution in [3.8, 4) is 5.75 Å². The van der Waals surface area contributed by atoms with Crippen LogP contribution in [0.1, 0.15) is 51.1 Å². The van der Waals surface area contributed by atoms with Crippen LogP contribution in [-0.2, 0) is 0 Å². The molecule has 0 aliphatic carbocycles. The second kappa shape index (κ2) is 8.56. The van der Waals surface area contributed by atoms with E-state index >= 15 is 0 Å². The van der Waals surface area contributed by atoms with Crippen molar-refractivity contribution in [2.45, 2.75) is 57.7 Å². The lowest BCUT2D eigenvalue weighted by atomic mass is 9.85. The van der Waals surface area contributed by atoms with E-state index in [4.69, 9.17) is 39.7 Å². The number of halogens is 2. The minimum Gasteiger partial charge on any atom is -0.508 e. The topological polar surface area (TPSA) is 87.9 Å². The lowest BCUT2D eigenvalue weighted by Gasteiger charge is -2.39. The van der Waals surface area contributed by atoms with Gasteiger partial charge in [0.2, 0.25) is 0 Å². The van der Waals surface area contributed by atoms with Crippen LogP contribution in [0, 0.1) is 11.8 Å². The molecule has 7 heteroatoms. The van der Waals surface area contributed by atoms with Gasteiger partial charge in [0, 0.05) is 43.2 Å². The van der Waals surface area contributed by atoms with Crippen molar-refractivity contribution in [3.63, 3.8) is 0 Å². The zero-order valence-electron chi connectivity index (χ0n) is 16.0. The number of rotatable bonds is 3. The number of amidine groups is 1. The molecule has 1 aromatic rings. The second-order valence-electron chi connectivity index (χ2n) is 8.16. The molecule has 0 bridgehead atoms. The fraction of sp³-hybridized carbons (Fsp3) is 0.650. The molecular weight excluding hydrogens is 383 g/mol. The molecule has 150 valence electrons. The van der Waals surface area contributed by atoms with E-state index in [9.17, 15) is 5.11 Å². The Bertz CT molecular complexity index is 701. The highest BCUT2D eigenvalue weighted by Crippen LogP contribution is 2.38.